The lowest BCUT2D eigenvalue weighted by molar-refractivity contribution is -0.140. The summed E-state index contributed by atoms with van der Waals surface area (Å²) in [6.07, 6.45) is 5.38. The third kappa shape index (κ3) is 10.4. The van der Waals surface area contributed by atoms with Crippen molar-refractivity contribution in [2.45, 2.75) is 85.2 Å². The van der Waals surface area contributed by atoms with Crippen LogP contribution in [0.1, 0.15) is 77.6 Å². The first-order chi connectivity index (χ1) is 36.3. The summed E-state index contributed by atoms with van der Waals surface area (Å²) < 4.78 is 42.9. The van der Waals surface area contributed by atoms with E-state index in [1.807, 2.05) is 54.8 Å². The van der Waals surface area contributed by atoms with Crippen molar-refractivity contribution in [2.75, 3.05) is 92.7 Å². The molecule has 4 aliphatic heterocycles. The van der Waals surface area contributed by atoms with Gasteiger partial charge in [-0.25, -0.2) is 14.2 Å². The summed E-state index contributed by atoms with van der Waals surface area (Å²) in [6.45, 7) is 19.5. The van der Waals surface area contributed by atoms with Gasteiger partial charge in [-0.3, -0.25) is 34.2 Å². The van der Waals surface area contributed by atoms with Gasteiger partial charge in [0, 0.05) is 111 Å². The smallest absolute Gasteiger partial charge is 0.420 e. The van der Waals surface area contributed by atoms with Crippen LogP contribution in [-0.4, -0.2) is 125 Å². The van der Waals surface area contributed by atoms with E-state index in [0.29, 0.717) is 72.2 Å². The van der Waals surface area contributed by atoms with Crippen molar-refractivity contribution in [3.8, 4) is 5.75 Å². The van der Waals surface area contributed by atoms with Gasteiger partial charge in [0.15, 0.2) is 5.58 Å². The number of carbonyl (C=O) groups excluding carboxylic acids is 3. The minimum absolute atomic E-state index is 0.0489. The van der Waals surface area contributed by atoms with Gasteiger partial charge >= 0.3 is 5.76 Å². The van der Waals surface area contributed by atoms with Crippen LogP contribution in [0.2, 0.25) is 0 Å². The van der Waals surface area contributed by atoms with Crippen LogP contribution in [0.15, 0.2) is 68.4 Å². The normalized spacial score (nSPS) is 19.7. The number of aromatic nitrogens is 4. The molecule has 7 heterocycles. The van der Waals surface area contributed by atoms with E-state index in [9.17, 15) is 23.7 Å². The second kappa shape index (κ2) is 21.2. The zero-order valence-electron chi connectivity index (χ0n) is 44.2. The fourth-order valence-corrected chi connectivity index (χ4v) is 13.5. The zero-order chi connectivity index (χ0) is 53.8. The molecular formula is C55H66BrFN11O7P. The number of imide groups is 1. The highest BCUT2D eigenvalue weighted by Crippen LogP contribution is 2.44. The Morgan fingerprint density at radius 2 is 1.67 bits per heavy atom. The fourth-order valence-electron chi connectivity index (χ4n) is 11.7. The van der Waals surface area contributed by atoms with Gasteiger partial charge in [-0.2, -0.15) is 4.98 Å². The molecule has 4 fully saturated rings. The van der Waals surface area contributed by atoms with Gasteiger partial charge in [0.2, 0.25) is 23.7 Å². The van der Waals surface area contributed by atoms with Crippen LogP contribution in [0.5, 0.6) is 5.75 Å². The van der Waals surface area contributed by atoms with Crippen LogP contribution in [-0.2, 0) is 31.8 Å². The number of piperidine rings is 2. The molecule has 18 nitrogen and oxygen atoms in total. The van der Waals surface area contributed by atoms with Crippen LogP contribution >= 0.6 is 23.1 Å². The molecule has 10 rings (SSSR count). The Hall–Kier alpha value is -6.37. The summed E-state index contributed by atoms with van der Waals surface area (Å²) in [7, 11) is -2.77. The number of oxazole rings is 1. The summed E-state index contributed by atoms with van der Waals surface area (Å²) in [5.74, 6) is -1.23. The number of amides is 3. The third-order valence-corrected chi connectivity index (χ3v) is 17.8. The average molecular weight is 1120 g/mol. The number of pyridine rings is 1. The molecule has 2 atom stereocenters. The summed E-state index contributed by atoms with van der Waals surface area (Å²) in [4.78, 5) is 75.3. The first kappa shape index (κ1) is 53.0. The fraction of sp³-hybridized carbons (Fsp3) is 0.473. The number of carbonyl (C=O) groups is 3. The topological polar surface area (TPSA) is 200 Å². The van der Waals surface area contributed by atoms with Crippen molar-refractivity contribution >= 4 is 103 Å². The molecule has 402 valence electrons. The Morgan fingerprint density at radius 3 is 2.37 bits per heavy atom. The molecule has 76 heavy (non-hydrogen) atoms. The van der Waals surface area contributed by atoms with Gasteiger partial charge < -0.3 is 39.1 Å². The highest BCUT2D eigenvalue weighted by molar-refractivity contribution is 9.10. The lowest BCUT2D eigenvalue weighted by Crippen LogP contribution is -2.56. The molecule has 4 aliphatic rings. The Morgan fingerprint density at radius 1 is 0.908 bits per heavy atom. The van der Waals surface area contributed by atoms with Crippen LogP contribution in [0.4, 0.5) is 38.9 Å². The summed E-state index contributed by atoms with van der Waals surface area (Å²) in [5.41, 5.74) is 5.68. The molecule has 21 heteroatoms. The summed E-state index contributed by atoms with van der Waals surface area (Å²) >= 11 is 3.64. The van der Waals surface area contributed by atoms with Crippen molar-refractivity contribution in [3.63, 3.8) is 0 Å². The number of nitrogens with zero attached hydrogens (tertiary/aromatic N) is 8. The van der Waals surface area contributed by atoms with Crippen LogP contribution in [0.25, 0.3) is 22.0 Å². The Bertz CT molecular complexity index is 3360. The van der Waals surface area contributed by atoms with Crippen molar-refractivity contribution in [1.29, 1.82) is 0 Å². The predicted octanol–water partition coefficient (Wildman–Crippen LogP) is 8.35. The van der Waals surface area contributed by atoms with Crippen LogP contribution < -0.4 is 41.5 Å². The van der Waals surface area contributed by atoms with Gasteiger partial charge in [0.05, 0.1) is 45.1 Å². The van der Waals surface area contributed by atoms with Gasteiger partial charge in [0.1, 0.15) is 30.6 Å². The van der Waals surface area contributed by atoms with E-state index < -0.39 is 47.9 Å². The highest BCUT2D eigenvalue weighted by atomic mass is 79.9. The van der Waals surface area contributed by atoms with E-state index >= 15 is 4.39 Å². The van der Waals surface area contributed by atoms with Gasteiger partial charge in [0.25, 0.3) is 0 Å². The van der Waals surface area contributed by atoms with E-state index in [4.69, 9.17) is 19.1 Å². The number of halogens is 2. The molecule has 2 unspecified atom stereocenters. The summed E-state index contributed by atoms with van der Waals surface area (Å²) in [5, 5.41) is 10.7. The molecule has 0 saturated carbocycles. The molecule has 3 aromatic carbocycles. The number of benzene rings is 3. The maximum Gasteiger partial charge on any atom is 0.420 e. The maximum atomic E-state index is 15.4. The number of nitrogens with one attached hydrogen (secondary N) is 3. The van der Waals surface area contributed by atoms with Gasteiger partial charge in [-0.1, -0.05) is 33.8 Å². The number of fused-ring (bicyclic) bond motifs is 2. The minimum Gasteiger partial charge on any atom is -0.492 e. The van der Waals surface area contributed by atoms with Crippen molar-refractivity contribution in [1.82, 2.24) is 34.6 Å². The van der Waals surface area contributed by atoms with E-state index in [0.717, 1.165) is 89.7 Å². The van der Waals surface area contributed by atoms with E-state index in [1.54, 1.807) is 19.5 Å². The lowest BCUT2D eigenvalue weighted by Gasteiger charge is -2.44. The molecule has 6 aromatic rings. The van der Waals surface area contributed by atoms with Gasteiger partial charge in [-0.05, 0) is 104 Å². The molecule has 0 aliphatic carbocycles. The van der Waals surface area contributed by atoms with Gasteiger partial charge in [-0.15, -0.1) is 0 Å². The number of hydrogen-bond donors (Lipinski definition) is 3. The number of ether oxygens (including phenoxy) is 1. The molecule has 3 aromatic heterocycles. The average Bonchev–Trinajstić information content (AvgIpc) is 3.90. The van der Waals surface area contributed by atoms with Crippen molar-refractivity contribution in [3.05, 3.63) is 86.8 Å². The Balaban J connectivity index is 0.778. The molecule has 0 spiro atoms. The largest absolute Gasteiger partial charge is 0.492 e. The highest BCUT2D eigenvalue weighted by Gasteiger charge is 2.47. The van der Waals surface area contributed by atoms with E-state index in [1.165, 1.54) is 17.7 Å². The quantitative estimate of drug-likeness (QED) is 0.0694. The number of anilines is 6. The second-order valence-corrected chi connectivity index (χ2v) is 25.4. The predicted molar refractivity (Wildman–Crippen MR) is 298 cm³/mol. The van der Waals surface area contributed by atoms with E-state index in [-0.39, 0.29) is 29.8 Å². The zero-order valence-corrected chi connectivity index (χ0v) is 46.7. The second-order valence-electron chi connectivity index (χ2n) is 21.4. The lowest BCUT2D eigenvalue weighted by atomic mass is 9.81. The standard InChI is InChI=1S/C55H66BrFN11O7P/c1-8-32-25-41(61-53-58-29-38(56)50(63-53)60-40-14-13-39-36(49(40)76(6,7)73)12-11-34(9-2)59-39)46(74-10-3)28-43(32)65-19-17-35(18-20-65)64-21-23-66(24-22-64)52(71)37-30-67(31-55(37,4)5)44-26-33(57)27-45-48(44)75-54(72)68(45)42-15-16-47(69)62-51(42)70/h11-14,25-29,35,37,42H,8-10,15-24,30-31H2,1-7H3,(H,62,69,70)(H2,58,60,61,63). The molecule has 0 radical (unpaired) electrons. The number of hydrogen-bond acceptors (Lipinski definition) is 15. The van der Waals surface area contributed by atoms with E-state index in [2.05, 4.69) is 72.6 Å². The minimum atomic E-state index is -2.77. The molecule has 0 bridgehead atoms. The first-order valence-electron chi connectivity index (χ1n) is 26.4. The van der Waals surface area contributed by atoms with Crippen molar-refractivity contribution < 1.29 is 32.5 Å². The van der Waals surface area contributed by atoms with Crippen LogP contribution in [0, 0.1) is 17.2 Å². The molecule has 3 N–H and O–H groups in total. The number of aryl methyl sites for hydroxylation is 2. The SMILES string of the molecule is CCOc1cc(N2CCC(N3CCN(C(=O)C4CN(c5cc(F)cc6c5oc(=O)n6C5CCC(=O)NC5=O)CC4(C)C)CC3)CC2)c(CC)cc1Nc1ncc(Br)c(Nc2ccc3nc(CC)ccc3c2P(C)(C)=O)n1. The van der Waals surface area contributed by atoms with Crippen LogP contribution in [0.3, 0.4) is 0 Å². The Labute approximate surface area is 449 Å². The Kier molecular flexibility index (Phi) is 14.8. The molecule has 4 saturated heterocycles. The van der Waals surface area contributed by atoms with Crippen molar-refractivity contribution in [2.24, 2.45) is 11.3 Å². The number of piperazine rings is 1. The number of rotatable bonds is 14. The monoisotopic (exact) mass is 1120 g/mol. The maximum absolute atomic E-state index is 15.4. The first-order valence-corrected chi connectivity index (χ1v) is 29.8. The molecular weight excluding hydrogens is 1060 g/mol. The summed E-state index contributed by atoms with van der Waals surface area (Å²) in [6, 6.07) is 14.0. The molecule has 3 amide bonds. The third-order valence-electron chi connectivity index (χ3n) is 15.6.